The molecule has 0 aliphatic carbocycles. The van der Waals surface area contributed by atoms with Crippen LogP contribution in [0.5, 0.6) is 5.75 Å². The predicted molar refractivity (Wildman–Crippen MR) is 111 cm³/mol. The van der Waals surface area contributed by atoms with Crippen molar-refractivity contribution in [3.8, 4) is 5.75 Å². The standard InChI is InChI=1S/C23H16ClNO3/c1-27-18-12-8-16(9-13-18)22(26)19(14-15-6-10-17(24)11-7-15)23-25-20-4-2-3-5-21(20)28-23/h2-14H,1H3. The Morgan fingerprint density at radius 3 is 2.39 bits per heavy atom. The van der Waals surface area contributed by atoms with Gasteiger partial charge >= 0.3 is 0 Å². The summed E-state index contributed by atoms with van der Waals surface area (Å²) in [7, 11) is 1.58. The van der Waals surface area contributed by atoms with E-state index in [1.165, 1.54) is 0 Å². The quantitative estimate of drug-likeness (QED) is 0.314. The van der Waals surface area contributed by atoms with Crippen molar-refractivity contribution < 1.29 is 13.9 Å². The predicted octanol–water partition coefficient (Wildman–Crippen LogP) is 5.91. The summed E-state index contributed by atoms with van der Waals surface area (Å²) in [5.41, 5.74) is 3.03. The smallest absolute Gasteiger partial charge is 0.231 e. The second kappa shape index (κ2) is 7.71. The minimum atomic E-state index is -0.191. The number of Topliss-reactive ketones (excluding diaryl/α,β-unsaturated/α-hetero) is 1. The zero-order chi connectivity index (χ0) is 19.5. The number of fused-ring (bicyclic) bond motifs is 1. The van der Waals surface area contributed by atoms with Crippen LogP contribution in [0.3, 0.4) is 0 Å². The first kappa shape index (κ1) is 18.0. The Bertz CT molecular complexity index is 1130. The topological polar surface area (TPSA) is 52.3 Å². The van der Waals surface area contributed by atoms with Gasteiger partial charge in [0.1, 0.15) is 11.3 Å². The molecule has 0 N–H and O–H groups in total. The maximum atomic E-state index is 13.3. The van der Waals surface area contributed by atoms with E-state index >= 15 is 0 Å². The number of hydrogen-bond acceptors (Lipinski definition) is 4. The molecule has 0 atom stereocenters. The number of aromatic nitrogens is 1. The van der Waals surface area contributed by atoms with Crippen LogP contribution >= 0.6 is 11.6 Å². The van der Waals surface area contributed by atoms with Crippen molar-refractivity contribution in [1.29, 1.82) is 0 Å². The highest BCUT2D eigenvalue weighted by Crippen LogP contribution is 2.27. The van der Waals surface area contributed by atoms with Gasteiger partial charge in [-0.15, -0.1) is 0 Å². The molecule has 0 saturated carbocycles. The van der Waals surface area contributed by atoms with Crippen LogP contribution in [0.2, 0.25) is 5.02 Å². The molecule has 3 aromatic carbocycles. The largest absolute Gasteiger partial charge is 0.497 e. The number of ether oxygens (including phenoxy) is 1. The monoisotopic (exact) mass is 389 g/mol. The van der Waals surface area contributed by atoms with E-state index < -0.39 is 0 Å². The lowest BCUT2D eigenvalue weighted by Crippen LogP contribution is -2.03. The molecule has 28 heavy (non-hydrogen) atoms. The van der Waals surface area contributed by atoms with Gasteiger partial charge in [0.15, 0.2) is 11.4 Å². The molecule has 0 aliphatic heterocycles. The summed E-state index contributed by atoms with van der Waals surface area (Å²) in [6, 6.07) is 21.6. The SMILES string of the molecule is COc1ccc(C(=O)C(=Cc2ccc(Cl)cc2)c2nc3ccccc3o2)cc1. The number of allylic oxidation sites excluding steroid dienone is 1. The summed E-state index contributed by atoms with van der Waals surface area (Å²) >= 11 is 5.98. The Kier molecular flexibility index (Phi) is 4.96. The van der Waals surface area contributed by atoms with E-state index in [-0.39, 0.29) is 11.7 Å². The normalized spacial score (nSPS) is 11.6. The van der Waals surface area contributed by atoms with Gasteiger partial charge in [0.2, 0.25) is 5.89 Å². The van der Waals surface area contributed by atoms with Crippen LogP contribution in [0.4, 0.5) is 0 Å². The lowest BCUT2D eigenvalue weighted by Gasteiger charge is -2.05. The first-order chi connectivity index (χ1) is 13.6. The summed E-state index contributed by atoms with van der Waals surface area (Å²) in [6.07, 6.45) is 1.76. The minimum absolute atomic E-state index is 0.191. The molecule has 0 radical (unpaired) electrons. The molecule has 0 fully saturated rings. The number of carbonyl (C=O) groups excluding carboxylic acids is 1. The number of rotatable bonds is 5. The van der Waals surface area contributed by atoms with Gasteiger partial charge in [0.25, 0.3) is 0 Å². The minimum Gasteiger partial charge on any atom is -0.497 e. The zero-order valence-corrected chi connectivity index (χ0v) is 15.8. The van der Waals surface area contributed by atoms with E-state index in [1.54, 1.807) is 49.6 Å². The van der Waals surface area contributed by atoms with Crippen molar-refractivity contribution in [2.45, 2.75) is 0 Å². The highest BCUT2D eigenvalue weighted by atomic mass is 35.5. The first-order valence-corrected chi connectivity index (χ1v) is 9.04. The molecule has 0 bridgehead atoms. The second-order valence-corrected chi connectivity index (χ2v) is 6.59. The Morgan fingerprint density at radius 2 is 1.71 bits per heavy atom. The summed E-state index contributed by atoms with van der Waals surface area (Å²) in [5.74, 6) is 0.766. The van der Waals surface area contributed by atoms with Crippen molar-refractivity contribution >= 4 is 40.1 Å². The highest BCUT2D eigenvalue weighted by Gasteiger charge is 2.20. The van der Waals surface area contributed by atoms with Crippen molar-refractivity contribution in [1.82, 2.24) is 4.98 Å². The first-order valence-electron chi connectivity index (χ1n) is 8.66. The molecule has 0 unspecified atom stereocenters. The highest BCUT2D eigenvalue weighted by molar-refractivity contribution is 6.32. The van der Waals surface area contributed by atoms with Crippen LogP contribution < -0.4 is 4.74 Å². The van der Waals surface area contributed by atoms with Crippen molar-refractivity contribution in [3.63, 3.8) is 0 Å². The van der Waals surface area contributed by atoms with E-state index in [1.807, 2.05) is 36.4 Å². The fraction of sp³-hybridized carbons (Fsp3) is 0.0435. The van der Waals surface area contributed by atoms with Gasteiger partial charge in [-0.1, -0.05) is 35.9 Å². The number of methoxy groups -OCH3 is 1. The molecular formula is C23H16ClNO3. The third kappa shape index (κ3) is 3.68. The molecule has 0 saturated heterocycles. The number of oxazole rings is 1. The summed E-state index contributed by atoms with van der Waals surface area (Å²) in [4.78, 5) is 17.8. The van der Waals surface area contributed by atoms with Crippen LogP contribution in [-0.4, -0.2) is 17.9 Å². The van der Waals surface area contributed by atoms with Crippen LogP contribution in [0.15, 0.2) is 77.2 Å². The van der Waals surface area contributed by atoms with E-state index in [0.29, 0.717) is 33.0 Å². The van der Waals surface area contributed by atoms with Gasteiger partial charge < -0.3 is 9.15 Å². The molecule has 4 nitrogen and oxygen atoms in total. The molecule has 0 amide bonds. The van der Waals surface area contributed by atoms with E-state index in [4.69, 9.17) is 20.8 Å². The van der Waals surface area contributed by atoms with Gasteiger partial charge in [-0.25, -0.2) is 4.98 Å². The molecule has 5 heteroatoms. The maximum Gasteiger partial charge on any atom is 0.231 e. The number of nitrogens with zero attached hydrogens (tertiary/aromatic N) is 1. The van der Waals surface area contributed by atoms with Gasteiger partial charge in [0, 0.05) is 10.6 Å². The Balaban J connectivity index is 1.82. The van der Waals surface area contributed by atoms with Crippen LogP contribution in [0.1, 0.15) is 21.8 Å². The Hall–Kier alpha value is -3.37. The van der Waals surface area contributed by atoms with Crippen LogP contribution in [0, 0.1) is 0 Å². The average Bonchev–Trinajstić information content (AvgIpc) is 3.17. The lowest BCUT2D eigenvalue weighted by molar-refractivity contribution is 0.105. The van der Waals surface area contributed by atoms with E-state index in [2.05, 4.69) is 4.98 Å². The van der Waals surface area contributed by atoms with Crippen molar-refractivity contribution in [3.05, 3.63) is 94.8 Å². The molecule has 1 aromatic heterocycles. The number of para-hydroxylation sites is 2. The van der Waals surface area contributed by atoms with Gasteiger partial charge in [-0.05, 0) is 60.2 Å². The maximum absolute atomic E-state index is 13.3. The zero-order valence-electron chi connectivity index (χ0n) is 15.1. The molecule has 4 rings (SSSR count). The molecule has 4 aromatic rings. The lowest BCUT2D eigenvalue weighted by atomic mass is 10.0. The number of ketones is 1. The number of halogens is 1. The van der Waals surface area contributed by atoms with Crippen LogP contribution in [0.25, 0.3) is 22.7 Å². The molecule has 0 spiro atoms. The molecule has 138 valence electrons. The average molecular weight is 390 g/mol. The fourth-order valence-electron chi connectivity index (χ4n) is 2.84. The van der Waals surface area contributed by atoms with Crippen molar-refractivity contribution in [2.75, 3.05) is 7.11 Å². The second-order valence-electron chi connectivity index (χ2n) is 6.15. The van der Waals surface area contributed by atoms with E-state index in [0.717, 1.165) is 5.56 Å². The summed E-state index contributed by atoms with van der Waals surface area (Å²) in [6.45, 7) is 0. The number of hydrogen-bond donors (Lipinski definition) is 0. The molecular weight excluding hydrogens is 374 g/mol. The van der Waals surface area contributed by atoms with Gasteiger partial charge in [0.05, 0.1) is 12.7 Å². The summed E-state index contributed by atoms with van der Waals surface area (Å²) < 4.78 is 11.0. The van der Waals surface area contributed by atoms with Crippen LogP contribution in [-0.2, 0) is 0 Å². The number of benzene rings is 3. The number of carbonyl (C=O) groups is 1. The molecule has 0 aliphatic rings. The van der Waals surface area contributed by atoms with Gasteiger partial charge in [-0.2, -0.15) is 0 Å². The van der Waals surface area contributed by atoms with E-state index in [9.17, 15) is 4.79 Å². The fourth-order valence-corrected chi connectivity index (χ4v) is 2.96. The third-order valence-corrected chi connectivity index (χ3v) is 4.55. The Labute approximate surface area is 167 Å². The third-order valence-electron chi connectivity index (χ3n) is 4.30. The Morgan fingerprint density at radius 1 is 1.00 bits per heavy atom. The van der Waals surface area contributed by atoms with Crippen molar-refractivity contribution in [2.24, 2.45) is 0 Å². The van der Waals surface area contributed by atoms with Gasteiger partial charge in [-0.3, -0.25) is 4.79 Å². The summed E-state index contributed by atoms with van der Waals surface area (Å²) in [5, 5.41) is 0.627. The molecule has 1 heterocycles.